The molecule has 0 N–H and O–H groups in total. The molecule has 1 aromatic rings. The van der Waals surface area contributed by atoms with Gasteiger partial charge in [-0.15, -0.1) is 0 Å². The number of rotatable bonds is 5. The molecule has 0 fully saturated rings. The lowest BCUT2D eigenvalue weighted by Gasteiger charge is -2.14. The minimum absolute atomic E-state index is 0.0278. The molecule has 5 heteroatoms. The largest absolute Gasteiger partial charge is 0.489 e. The van der Waals surface area contributed by atoms with Gasteiger partial charge in [0, 0.05) is 5.56 Å². The number of hydrogen-bond acceptors (Lipinski definition) is 2. The summed E-state index contributed by atoms with van der Waals surface area (Å²) in [6.45, 7) is 5.52. The molecule has 0 spiro atoms. The summed E-state index contributed by atoms with van der Waals surface area (Å²) in [5.41, 5.74) is -0.289. The fourth-order valence-electron chi connectivity index (χ4n) is 1.25. The van der Waals surface area contributed by atoms with Gasteiger partial charge in [0.2, 0.25) is 0 Å². The monoisotopic (exact) mass is 258 g/mol. The molecule has 18 heavy (non-hydrogen) atoms. The zero-order valence-corrected chi connectivity index (χ0v) is 9.88. The molecular weight excluding hydrogens is 245 g/mol. The second-order valence-corrected chi connectivity index (χ2v) is 3.76. The van der Waals surface area contributed by atoms with E-state index in [9.17, 15) is 18.0 Å². The molecule has 0 atom stereocenters. The van der Waals surface area contributed by atoms with Crippen LogP contribution in [-0.4, -0.2) is 12.9 Å². The van der Waals surface area contributed by atoms with Gasteiger partial charge in [0.15, 0.2) is 0 Å². The Labute approximate surface area is 103 Å². The lowest BCUT2D eigenvalue weighted by molar-refractivity contribution is -0.138. The maximum absolute atomic E-state index is 12.8. The topological polar surface area (TPSA) is 26.3 Å². The number of carbonyl (C=O) groups excluding carboxylic acids is 1. The van der Waals surface area contributed by atoms with E-state index in [-0.39, 0.29) is 17.9 Å². The van der Waals surface area contributed by atoms with Crippen molar-refractivity contribution in [2.24, 2.45) is 0 Å². The maximum atomic E-state index is 12.8. The Morgan fingerprint density at radius 3 is 2.61 bits per heavy atom. The summed E-state index contributed by atoms with van der Waals surface area (Å²) in [6, 6.07) is 3.21. The van der Waals surface area contributed by atoms with Gasteiger partial charge in [-0.05, 0) is 30.2 Å². The summed E-state index contributed by atoms with van der Waals surface area (Å²) >= 11 is 0. The first kappa shape index (κ1) is 14.3. The fraction of sp³-hybridized carbons (Fsp3) is 0.308. The van der Waals surface area contributed by atoms with Gasteiger partial charge in [0.05, 0.1) is 5.56 Å². The smallest absolute Gasteiger partial charge is 0.419 e. The number of ether oxygens (including phenoxy) is 1. The van der Waals surface area contributed by atoms with E-state index in [0.29, 0.717) is 18.3 Å². The molecule has 98 valence electrons. The highest BCUT2D eigenvalue weighted by atomic mass is 19.4. The zero-order chi connectivity index (χ0) is 13.8. The van der Waals surface area contributed by atoms with Crippen molar-refractivity contribution in [2.75, 3.05) is 6.61 Å². The third-order valence-electron chi connectivity index (χ3n) is 2.38. The highest BCUT2D eigenvalue weighted by molar-refractivity contribution is 5.75. The van der Waals surface area contributed by atoms with Crippen molar-refractivity contribution < 1.29 is 22.7 Å². The third kappa shape index (κ3) is 3.61. The molecule has 1 rings (SSSR count). The minimum atomic E-state index is -4.55. The lowest BCUT2D eigenvalue weighted by Crippen LogP contribution is -2.10. The molecule has 2 nitrogen and oxygen atoms in total. The summed E-state index contributed by atoms with van der Waals surface area (Å²) in [5, 5.41) is 0. The van der Waals surface area contributed by atoms with Gasteiger partial charge in [-0.1, -0.05) is 13.5 Å². The standard InChI is InChI=1S/C13H13F3O2/c1-3-9(2)8-18-12-5-4-10(7-17)6-11(12)13(14,15)16/h4-7H,2-3,8H2,1H3. The first-order valence-electron chi connectivity index (χ1n) is 5.34. The third-order valence-corrected chi connectivity index (χ3v) is 2.38. The molecule has 0 aliphatic rings. The van der Waals surface area contributed by atoms with Gasteiger partial charge in [-0.3, -0.25) is 4.79 Å². The highest BCUT2D eigenvalue weighted by Gasteiger charge is 2.34. The van der Waals surface area contributed by atoms with Crippen LogP contribution in [0, 0.1) is 0 Å². The van der Waals surface area contributed by atoms with Crippen LogP contribution >= 0.6 is 0 Å². The Morgan fingerprint density at radius 2 is 2.11 bits per heavy atom. The normalized spacial score (nSPS) is 11.1. The van der Waals surface area contributed by atoms with Gasteiger partial charge in [0.25, 0.3) is 0 Å². The van der Waals surface area contributed by atoms with E-state index >= 15 is 0 Å². The summed E-state index contributed by atoms with van der Waals surface area (Å²) < 4.78 is 43.3. The van der Waals surface area contributed by atoms with Crippen LogP contribution in [0.5, 0.6) is 5.75 Å². The van der Waals surface area contributed by atoms with Crippen molar-refractivity contribution in [1.29, 1.82) is 0 Å². The second kappa shape index (κ2) is 5.71. The SMILES string of the molecule is C=C(CC)COc1ccc(C=O)cc1C(F)(F)F. The van der Waals surface area contributed by atoms with Gasteiger partial charge in [-0.25, -0.2) is 0 Å². The van der Waals surface area contributed by atoms with E-state index in [1.54, 1.807) is 0 Å². The van der Waals surface area contributed by atoms with Crippen molar-refractivity contribution in [3.05, 3.63) is 41.5 Å². The first-order chi connectivity index (χ1) is 8.38. The van der Waals surface area contributed by atoms with Gasteiger partial charge >= 0.3 is 6.18 Å². The molecule has 0 amide bonds. The Morgan fingerprint density at radius 1 is 1.44 bits per heavy atom. The molecule has 0 aliphatic heterocycles. The van der Waals surface area contributed by atoms with Crippen molar-refractivity contribution >= 4 is 6.29 Å². The van der Waals surface area contributed by atoms with E-state index in [1.165, 1.54) is 6.07 Å². The molecule has 0 heterocycles. The fourth-order valence-corrected chi connectivity index (χ4v) is 1.25. The Hall–Kier alpha value is -1.78. The van der Waals surface area contributed by atoms with Crippen molar-refractivity contribution in [3.8, 4) is 5.75 Å². The Bertz CT molecular complexity index is 450. The van der Waals surface area contributed by atoms with Crippen LogP contribution in [0.15, 0.2) is 30.4 Å². The molecule has 0 radical (unpaired) electrons. The van der Waals surface area contributed by atoms with E-state index < -0.39 is 11.7 Å². The second-order valence-electron chi connectivity index (χ2n) is 3.76. The van der Waals surface area contributed by atoms with Crippen LogP contribution in [0.2, 0.25) is 0 Å². The number of alkyl halides is 3. The quantitative estimate of drug-likeness (QED) is 0.592. The van der Waals surface area contributed by atoms with Crippen molar-refractivity contribution in [2.45, 2.75) is 19.5 Å². The maximum Gasteiger partial charge on any atom is 0.419 e. The number of carbonyl (C=O) groups is 1. The van der Waals surface area contributed by atoms with Gasteiger partial charge < -0.3 is 4.74 Å². The molecule has 0 saturated heterocycles. The number of hydrogen-bond donors (Lipinski definition) is 0. The van der Waals surface area contributed by atoms with E-state index in [0.717, 1.165) is 12.1 Å². The predicted octanol–water partition coefficient (Wildman–Crippen LogP) is 3.86. The average molecular weight is 258 g/mol. The zero-order valence-electron chi connectivity index (χ0n) is 9.88. The van der Waals surface area contributed by atoms with Crippen LogP contribution in [0.3, 0.4) is 0 Å². The van der Waals surface area contributed by atoms with E-state index in [1.807, 2.05) is 6.92 Å². The molecule has 0 saturated carbocycles. The number of halogens is 3. The summed E-state index contributed by atoms with van der Waals surface area (Å²) in [7, 11) is 0. The Balaban J connectivity index is 3.03. The molecule has 0 unspecified atom stereocenters. The molecule has 1 aromatic carbocycles. The lowest BCUT2D eigenvalue weighted by atomic mass is 10.1. The van der Waals surface area contributed by atoms with Crippen molar-refractivity contribution in [1.82, 2.24) is 0 Å². The number of aldehydes is 1. The summed E-state index contributed by atoms with van der Waals surface area (Å²) in [6.07, 6.45) is -3.56. The van der Waals surface area contributed by atoms with Crippen LogP contribution in [0.1, 0.15) is 29.3 Å². The van der Waals surface area contributed by atoms with Crippen LogP contribution in [0.4, 0.5) is 13.2 Å². The molecule has 0 aliphatic carbocycles. The first-order valence-corrected chi connectivity index (χ1v) is 5.34. The Kier molecular flexibility index (Phi) is 4.53. The van der Waals surface area contributed by atoms with E-state index in [4.69, 9.17) is 4.74 Å². The minimum Gasteiger partial charge on any atom is -0.489 e. The predicted molar refractivity (Wildman–Crippen MR) is 61.8 cm³/mol. The van der Waals surface area contributed by atoms with Gasteiger partial charge in [0.1, 0.15) is 18.6 Å². The van der Waals surface area contributed by atoms with Crippen LogP contribution < -0.4 is 4.74 Å². The average Bonchev–Trinajstić information content (AvgIpc) is 2.34. The number of benzene rings is 1. The van der Waals surface area contributed by atoms with Crippen molar-refractivity contribution in [3.63, 3.8) is 0 Å². The van der Waals surface area contributed by atoms with Gasteiger partial charge in [-0.2, -0.15) is 13.2 Å². The molecule has 0 bridgehead atoms. The van der Waals surface area contributed by atoms with Crippen LogP contribution in [-0.2, 0) is 6.18 Å². The molecule has 0 aromatic heterocycles. The summed E-state index contributed by atoms with van der Waals surface area (Å²) in [4.78, 5) is 10.5. The highest BCUT2D eigenvalue weighted by Crippen LogP contribution is 2.36. The van der Waals surface area contributed by atoms with Crippen LogP contribution in [0.25, 0.3) is 0 Å². The summed E-state index contributed by atoms with van der Waals surface area (Å²) in [5.74, 6) is -0.289. The molecular formula is C13H13F3O2. The van der Waals surface area contributed by atoms with E-state index in [2.05, 4.69) is 6.58 Å².